The Morgan fingerprint density at radius 1 is 1.53 bits per heavy atom. The molecule has 0 N–H and O–H groups in total. The quantitative estimate of drug-likeness (QED) is 0.771. The summed E-state index contributed by atoms with van der Waals surface area (Å²) in [6.07, 6.45) is 2.59. The Hall–Kier alpha value is -1.38. The molecule has 0 radical (unpaired) electrons. The summed E-state index contributed by atoms with van der Waals surface area (Å²) in [4.78, 5) is 13.9. The molecule has 1 aliphatic heterocycles. The van der Waals surface area contributed by atoms with E-state index in [9.17, 15) is 9.18 Å². The van der Waals surface area contributed by atoms with Crippen molar-refractivity contribution in [3.63, 3.8) is 0 Å². The van der Waals surface area contributed by atoms with Crippen molar-refractivity contribution in [3.05, 3.63) is 35.6 Å². The molecule has 1 heterocycles. The number of amides is 1. The highest BCUT2D eigenvalue weighted by molar-refractivity contribution is 5.78. The van der Waals surface area contributed by atoms with Gasteiger partial charge in [0.2, 0.25) is 5.91 Å². The average Bonchev–Trinajstić information content (AvgIpc) is 2.29. The van der Waals surface area contributed by atoms with Crippen LogP contribution in [0.3, 0.4) is 0 Å². The van der Waals surface area contributed by atoms with E-state index in [0.29, 0.717) is 12.3 Å². The van der Waals surface area contributed by atoms with Crippen LogP contribution in [0.1, 0.15) is 25.3 Å². The molecular formula is C14H18FNO. The molecule has 0 saturated carbocycles. The molecular weight excluding hydrogens is 217 g/mol. The van der Waals surface area contributed by atoms with Gasteiger partial charge in [-0.2, -0.15) is 0 Å². The molecule has 3 heteroatoms. The van der Waals surface area contributed by atoms with Crippen molar-refractivity contribution < 1.29 is 9.18 Å². The average molecular weight is 235 g/mol. The van der Waals surface area contributed by atoms with E-state index in [0.717, 1.165) is 25.1 Å². The van der Waals surface area contributed by atoms with Crippen LogP contribution in [0.5, 0.6) is 0 Å². The summed E-state index contributed by atoms with van der Waals surface area (Å²) in [6.45, 7) is 3.86. The molecule has 0 aromatic heterocycles. The fourth-order valence-electron chi connectivity index (χ4n) is 2.35. The van der Waals surface area contributed by atoms with Crippen LogP contribution in [-0.2, 0) is 11.2 Å². The van der Waals surface area contributed by atoms with Crippen LogP contribution in [-0.4, -0.2) is 23.9 Å². The van der Waals surface area contributed by atoms with Gasteiger partial charge in [-0.25, -0.2) is 4.39 Å². The lowest BCUT2D eigenvalue weighted by molar-refractivity contribution is -0.132. The van der Waals surface area contributed by atoms with Gasteiger partial charge in [0.05, 0.1) is 6.42 Å². The topological polar surface area (TPSA) is 20.3 Å². The van der Waals surface area contributed by atoms with Gasteiger partial charge >= 0.3 is 0 Å². The van der Waals surface area contributed by atoms with E-state index in [-0.39, 0.29) is 11.7 Å². The maximum absolute atomic E-state index is 13.0. The molecule has 1 atom stereocenters. The molecule has 2 nitrogen and oxygen atoms in total. The van der Waals surface area contributed by atoms with Crippen LogP contribution in [0.4, 0.5) is 4.39 Å². The summed E-state index contributed by atoms with van der Waals surface area (Å²) in [5.41, 5.74) is 0.758. The predicted molar refractivity (Wildman–Crippen MR) is 65.1 cm³/mol. The van der Waals surface area contributed by atoms with Crippen molar-refractivity contribution in [1.82, 2.24) is 4.90 Å². The number of rotatable bonds is 2. The first-order chi connectivity index (χ1) is 8.15. The maximum Gasteiger partial charge on any atom is 0.227 e. The van der Waals surface area contributed by atoms with Crippen LogP contribution in [0.2, 0.25) is 0 Å². The molecule has 1 fully saturated rings. The zero-order chi connectivity index (χ0) is 12.3. The lowest BCUT2D eigenvalue weighted by atomic mass is 9.99. The monoisotopic (exact) mass is 235 g/mol. The number of halogens is 1. The summed E-state index contributed by atoms with van der Waals surface area (Å²) >= 11 is 0. The third kappa shape index (κ3) is 3.29. The number of carbonyl (C=O) groups is 1. The van der Waals surface area contributed by atoms with Crippen molar-refractivity contribution >= 4 is 5.91 Å². The van der Waals surface area contributed by atoms with Crippen LogP contribution >= 0.6 is 0 Å². The number of hydrogen-bond acceptors (Lipinski definition) is 1. The van der Waals surface area contributed by atoms with Crippen molar-refractivity contribution in [2.24, 2.45) is 5.92 Å². The maximum atomic E-state index is 13.0. The van der Waals surface area contributed by atoms with Gasteiger partial charge < -0.3 is 4.90 Å². The Balaban J connectivity index is 1.96. The van der Waals surface area contributed by atoms with Crippen molar-refractivity contribution in [2.75, 3.05) is 13.1 Å². The highest BCUT2D eigenvalue weighted by atomic mass is 19.1. The summed E-state index contributed by atoms with van der Waals surface area (Å²) in [5, 5.41) is 0. The van der Waals surface area contributed by atoms with E-state index in [4.69, 9.17) is 0 Å². The number of benzene rings is 1. The number of hydrogen-bond donors (Lipinski definition) is 0. The summed E-state index contributed by atoms with van der Waals surface area (Å²) in [7, 11) is 0. The first-order valence-electron chi connectivity index (χ1n) is 6.17. The highest BCUT2D eigenvalue weighted by Gasteiger charge is 2.20. The van der Waals surface area contributed by atoms with E-state index in [2.05, 4.69) is 6.92 Å². The molecule has 1 amide bonds. The van der Waals surface area contributed by atoms with Crippen LogP contribution in [0.15, 0.2) is 24.3 Å². The zero-order valence-corrected chi connectivity index (χ0v) is 10.2. The lowest BCUT2D eigenvalue weighted by Crippen LogP contribution is -2.39. The molecule has 1 unspecified atom stereocenters. The van der Waals surface area contributed by atoms with Gasteiger partial charge in [-0.15, -0.1) is 0 Å². The van der Waals surface area contributed by atoms with Crippen molar-refractivity contribution in [1.29, 1.82) is 0 Å². The van der Waals surface area contributed by atoms with Crippen molar-refractivity contribution in [3.8, 4) is 0 Å². The predicted octanol–water partition coefficient (Wildman–Crippen LogP) is 2.63. The Morgan fingerprint density at radius 3 is 3.06 bits per heavy atom. The van der Waals surface area contributed by atoms with Gasteiger partial charge in [-0.3, -0.25) is 4.79 Å². The third-order valence-electron chi connectivity index (χ3n) is 3.25. The lowest BCUT2D eigenvalue weighted by Gasteiger charge is -2.31. The van der Waals surface area contributed by atoms with E-state index >= 15 is 0 Å². The van der Waals surface area contributed by atoms with Gasteiger partial charge in [-0.1, -0.05) is 19.1 Å². The minimum atomic E-state index is -0.276. The second-order valence-electron chi connectivity index (χ2n) is 4.89. The third-order valence-corrected chi connectivity index (χ3v) is 3.25. The SMILES string of the molecule is CC1CCCN(C(=O)Cc2cccc(F)c2)C1. The molecule has 1 saturated heterocycles. The Labute approximate surface area is 101 Å². The smallest absolute Gasteiger partial charge is 0.227 e. The van der Waals surface area contributed by atoms with Crippen molar-refractivity contribution in [2.45, 2.75) is 26.2 Å². The molecule has 1 aromatic rings. The molecule has 0 spiro atoms. The molecule has 0 aliphatic carbocycles. The second-order valence-corrected chi connectivity index (χ2v) is 4.89. The Morgan fingerprint density at radius 2 is 2.35 bits per heavy atom. The fraction of sp³-hybridized carbons (Fsp3) is 0.500. The zero-order valence-electron chi connectivity index (χ0n) is 10.2. The molecule has 2 rings (SSSR count). The number of carbonyl (C=O) groups excluding carboxylic acids is 1. The number of nitrogens with zero attached hydrogens (tertiary/aromatic N) is 1. The summed E-state index contributed by atoms with van der Waals surface area (Å²) in [5.74, 6) is 0.421. The van der Waals surface area contributed by atoms with Gasteiger partial charge in [0, 0.05) is 13.1 Å². The standard InChI is InChI=1S/C14H18FNO/c1-11-4-3-7-16(10-11)14(17)9-12-5-2-6-13(15)8-12/h2,5-6,8,11H,3-4,7,9-10H2,1H3. The van der Waals surface area contributed by atoms with E-state index in [1.807, 2.05) is 4.90 Å². The Bertz CT molecular complexity index is 405. The van der Waals surface area contributed by atoms with Crippen LogP contribution < -0.4 is 0 Å². The normalized spacial score (nSPS) is 20.4. The minimum absolute atomic E-state index is 0.113. The van der Waals surface area contributed by atoms with Crippen LogP contribution in [0, 0.1) is 11.7 Å². The minimum Gasteiger partial charge on any atom is -0.342 e. The number of likely N-dealkylation sites (tertiary alicyclic amines) is 1. The van der Waals surface area contributed by atoms with E-state index in [1.165, 1.54) is 18.6 Å². The first kappa shape index (κ1) is 12.1. The molecule has 1 aliphatic rings. The fourth-order valence-corrected chi connectivity index (χ4v) is 2.35. The van der Waals surface area contributed by atoms with Gasteiger partial charge in [0.15, 0.2) is 0 Å². The molecule has 0 bridgehead atoms. The second kappa shape index (κ2) is 5.30. The number of piperidine rings is 1. The van der Waals surface area contributed by atoms with E-state index < -0.39 is 0 Å². The summed E-state index contributed by atoms with van der Waals surface area (Å²) in [6, 6.07) is 6.29. The van der Waals surface area contributed by atoms with Crippen LogP contribution in [0.25, 0.3) is 0 Å². The van der Waals surface area contributed by atoms with Gasteiger partial charge in [0.1, 0.15) is 5.82 Å². The molecule has 17 heavy (non-hydrogen) atoms. The highest BCUT2D eigenvalue weighted by Crippen LogP contribution is 2.16. The van der Waals surface area contributed by atoms with Gasteiger partial charge in [-0.05, 0) is 36.5 Å². The first-order valence-corrected chi connectivity index (χ1v) is 6.17. The Kier molecular flexibility index (Phi) is 3.77. The molecule has 92 valence electrons. The largest absolute Gasteiger partial charge is 0.342 e. The molecule has 1 aromatic carbocycles. The summed E-state index contributed by atoms with van der Waals surface area (Å²) < 4.78 is 13.0. The van der Waals surface area contributed by atoms with Gasteiger partial charge in [0.25, 0.3) is 0 Å². The van der Waals surface area contributed by atoms with E-state index in [1.54, 1.807) is 12.1 Å².